The number of nitro benzene ring substituents is 1. The first-order valence-corrected chi connectivity index (χ1v) is 5.88. The topological polar surface area (TPSA) is 141 Å². The molecule has 0 radical (unpaired) electrons. The van der Waals surface area contributed by atoms with Gasteiger partial charge in [-0.3, -0.25) is 19.7 Å². The zero-order valence-corrected chi connectivity index (χ0v) is 11.5. The van der Waals surface area contributed by atoms with Gasteiger partial charge in [-0.2, -0.15) is 0 Å². The van der Waals surface area contributed by atoms with Crippen molar-refractivity contribution in [3.63, 3.8) is 0 Å². The van der Waals surface area contributed by atoms with Crippen LogP contribution in [0, 0.1) is 15.9 Å². The van der Waals surface area contributed by atoms with E-state index in [1.165, 1.54) is 13.8 Å². The molecule has 1 aromatic rings. The zero-order chi connectivity index (χ0) is 16.4. The maximum Gasteiger partial charge on any atom is 0.293 e. The molecule has 9 heteroatoms. The Kier molecular flexibility index (Phi) is 4.46. The maximum atomic E-state index is 13.7. The van der Waals surface area contributed by atoms with Gasteiger partial charge in [-0.25, -0.2) is 4.39 Å². The van der Waals surface area contributed by atoms with E-state index in [-0.39, 0.29) is 6.42 Å². The molecule has 2 amide bonds. The number of nitro groups is 1. The highest BCUT2D eigenvalue weighted by Crippen LogP contribution is 2.27. The van der Waals surface area contributed by atoms with Gasteiger partial charge in [0.1, 0.15) is 17.1 Å². The Labute approximate surface area is 119 Å². The summed E-state index contributed by atoms with van der Waals surface area (Å²) < 4.78 is 13.7. The fourth-order valence-corrected chi connectivity index (χ4v) is 1.82. The first-order chi connectivity index (χ1) is 9.55. The number of nitrogens with one attached hydrogen (secondary N) is 1. The van der Waals surface area contributed by atoms with Crippen molar-refractivity contribution in [2.75, 3.05) is 5.73 Å². The molecule has 0 aliphatic heterocycles. The Balaban J connectivity index is 3.16. The summed E-state index contributed by atoms with van der Waals surface area (Å²) in [5, 5.41) is 13.1. The second-order valence-electron chi connectivity index (χ2n) is 5.09. The van der Waals surface area contributed by atoms with Gasteiger partial charge in [0.15, 0.2) is 0 Å². The van der Waals surface area contributed by atoms with Crippen LogP contribution in [0.3, 0.4) is 0 Å². The molecule has 0 bridgehead atoms. The van der Waals surface area contributed by atoms with Crippen LogP contribution in [0.15, 0.2) is 12.1 Å². The van der Waals surface area contributed by atoms with E-state index in [4.69, 9.17) is 11.5 Å². The zero-order valence-electron chi connectivity index (χ0n) is 11.5. The lowest BCUT2D eigenvalue weighted by Gasteiger charge is -2.25. The second kappa shape index (κ2) is 5.73. The molecule has 0 saturated heterocycles. The average molecular weight is 298 g/mol. The summed E-state index contributed by atoms with van der Waals surface area (Å²) in [6.07, 6.45) is -0.185. The molecule has 0 heterocycles. The van der Waals surface area contributed by atoms with Gasteiger partial charge in [-0.15, -0.1) is 0 Å². The minimum absolute atomic E-state index is 0.185. The largest absolute Gasteiger partial charge is 0.392 e. The molecule has 114 valence electrons. The van der Waals surface area contributed by atoms with Crippen LogP contribution in [-0.4, -0.2) is 22.3 Å². The number of nitrogens with zero attached hydrogens (tertiary/aromatic N) is 1. The smallest absolute Gasteiger partial charge is 0.293 e. The molecule has 0 aliphatic carbocycles. The van der Waals surface area contributed by atoms with E-state index in [1.807, 2.05) is 0 Å². The Bertz CT molecular complexity index is 616. The van der Waals surface area contributed by atoms with Crippen LogP contribution in [0.25, 0.3) is 0 Å². The van der Waals surface area contributed by atoms with Gasteiger partial charge in [0, 0.05) is 18.0 Å². The van der Waals surface area contributed by atoms with Gasteiger partial charge in [0.05, 0.1) is 4.92 Å². The number of nitrogen functional groups attached to an aromatic ring is 1. The summed E-state index contributed by atoms with van der Waals surface area (Å²) >= 11 is 0. The minimum atomic E-state index is -1.05. The van der Waals surface area contributed by atoms with Crippen LogP contribution < -0.4 is 16.8 Å². The number of hydrogen-bond acceptors (Lipinski definition) is 5. The fraction of sp³-hybridized carbons (Fsp3) is 0.333. The molecule has 0 aromatic heterocycles. The van der Waals surface area contributed by atoms with Crippen molar-refractivity contribution in [1.29, 1.82) is 0 Å². The molecule has 0 atom stereocenters. The van der Waals surface area contributed by atoms with Gasteiger partial charge in [-0.1, -0.05) is 0 Å². The van der Waals surface area contributed by atoms with E-state index < -0.39 is 45.0 Å². The Morgan fingerprint density at radius 2 is 2.00 bits per heavy atom. The predicted molar refractivity (Wildman–Crippen MR) is 72.8 cm³/mol. The number of nitrogens with two attached hydrogens (primary N) is 2. The van der Waals surface area contributed by atoms with Crippen LogP contribution >= 0.6 is 0 Å². The summed E-state index contributed by atoms with van der Waals surface area (Å²) in [6.45, 7) is 3.00. The first kappa shape index (κ1) is 16.3. The van der Waals surface area contributed by atoms with Crippen molar-refractivity contribution in [3.05, 3.63) is 33.6 Å². The summed E-state index contributed by atoms with van der Waals surface area (Å²) in [5.41, 5.74) is 7.67. The molecule has 0 unspecified atom stereocenters. The third kappa shape index (κ3) is 3.88. The minimum Gasteiger partial charge on any atom is -0.392 e. The Morgan fingerprint density at radius 3 is 2.48 bits per heavy atom. The number of rotatable bonds is 5. The van der Waals surface area contributed by atoms with Crippen LogP contribution in [0.4, 0.5) is 15.8 Å². The standard InChI is InChI=1S/C12H15FN4O4/c1-12(2,5-8(14)18)16-11(19)9-6(13)3-4-7(10(9)15)17(20)21/h3-4H,5,15H2,1-2H3,(H2,14,18)(H,16,19). The van der Waals surface area contributed by atoms with Crippen molar-refractivity contribution < 1.29 is 18.9 Å². The molecule has 1 aromatic carbocycles. The SMILES string of the molecule is CC(C)(CC(N)=O)NC(=O)c1c(F)ccc([N+](=O)[O-])c1N. The number of hydrogen-bond donors (Lipinski definition) is 3. The number of carbonyl (C=O) groups is 2. The van der Waals surface area contributed by atoms with Crippen LogP contribution in [-0.2, 0) is 4.79 Å². The van der Waals surface area contributed by atoms with Crippen LogP contribution in [0.1, 0.15) is 30.6 Å². The Morgan fingerprint density at radius 1 is 1.43 bits per heavy atom. The highest BCUT2D eigenvalue weighted by atomic mass is 19.1. The summed E-state index contributed by atoms with van der Waals surface area (Å²) in [7, 11) is 0. The van der Waals surface area contributed by atoms with E-state index in [2.05, 4.69) is 5.32 Å². The lowest BCUT2D eigenvalue weighted by molar-refractivity contribution is -0.384. The molecule has 0 spiro atoms. The molecule has 21 heavy (non-hydrogen) atoms. The van der Waals surface area contributed by atoms with E-state index in [0.717, 1.165) is 12.1 Å². The summed E-state index contributed by atoms with van der Waals surface area (Å²) in [5.74, 6) is -2.61. The lowest BCUT2D eigenvalue weighted by Crippen LogP contribution is -2.46. The quantitative estimate of drug-likeness (QED) is 0.416. The van der Waals surface area contributed by atoms with E-state index in [1.54, 1.807) is 0 Å². The van der Waals surface area contributed by atoms with Gasteiger partial charge in [-0.05, 0) is 19.9 Å². The van der Waals surface area contributed by atoms with Gasteiger partial charge in [0.25, 0.3) is 11.6 Å². The van der Waals surface area contributed by atoms with Gasteiger partial charge in [0.2, 0.25) is 5.91 Å². The second-order valence-corrected chi connectivity index (χ2v) is 5.09. The number of benzene rings is 1. The van der Waals surface area contributed by atoms with Crippen molar-refractivity contribution >= 4 is 23.2 Å². The highest BCUT2D eigenvalue weighted by Gasteiger charge is 2.28. The Hall–Kier alpha value is -2.71. The first-order valence-electron chi connectivity index (χ1n) is 5.88. The van der Waals surface area contributed by atoms with Crippen molar-refractivity contribution in [3.8, 4) is 0 Å². The summed E-state index contributed by atoms with van der Waals surface area (Å²) in [4.78, 5) is 32.9. The number of amides is 2. The van der Waals surface area contributed by atoms with Crippen LogP contribution in [0.2, 0.25) is 0 Å². The van der Waals surface area contributed by atoms with Crippen molar-refractivity contribution in [1.82, 2.24) is 5.32 Å². The van der Waals surface area contributed by atoms with E-state index >= 15 is 0 Å². The lowest BCUT2D eigenvalue weighted by atomic mass is 9.99. The molecular formula is C12H15FN4O4. The molecule has 0 saturated carbocycles. The summed E-state index contributed by atoms with van der Waals surface area (Å²) in [6, 6.07) is 1.65. The maximum absolute atomic E-state index is 13.7. The third-order valence-corrected chi connectivity index (χ3v) is 2.66. The average Bonchev–Trinajstić information content (AvgIpc) is 2.25. The molecule has 0 aliphatic rings. The number of primary amides is 1. The molecule has 0 fully saturated rings. The van der Waals surface area contributed by atoms with Crippen LogP contribution in [0.5, 0.6) is 0 Å². The third-order valence-electron chi connectivity index (χ3n) is 2.66. The molecule has 1 rings (SSSR count). The normalized spacial score (nSPS) is 11.0. The predicted octanol–water partition coefficient (Wildman–Crippen LogP) is 0.700. The van der Waals surface area contributed by atoms with Gasteiger partial charge < -0.3 is 16.8 Å². The van der Waals surface area contributed by atoms with Crippen molar-refractivity contribution in [2.24, 2.45) is 5.73 Å². The number of halogens is 1. The van der Waals surface area contributed by atoms with Gasteiger partial charge >= 0.3 is 0 Å². The fourth-order valence-electron chi connectivity index (χ4n) is 1.82. The number of anilines is 1. The highest BCUT2D eigenvalue weighted by molar-refractivity contribution is 6.01. The van der Waals surface area contributed by atoms with E-state index in [0.29, 0.717) is 0 Å². The molecule has 8 nitrogen and oxygen atoms in total. The molecule has 5 N–H and O–H groups in total. The molecular weight excluding hydrogens is 283 g/mol. The number of carbonyl (C=O) groups excluding carboxylic acids is 2. The van der Waals surface area contributed by atoms with Crippen molar-refractivity contribution in [2.45, 2.75) is 25.8 Å². The monoisotopic (exact) mass is 298 g/mol. The van der Waals surface area contributed by atoms with E-state index in [9.17, 15) is 24.1 Å².